The summed E-state index contributed by atoms with van der Waals surface area (Å²) < 4.78 is 48.5. The van der Waals surface area contributed by atoms with Gasteiger partial charge in [0.2, 0.25) is 0 Å². The van der Waals surface area contributed by atoms with Crippen molar-refractivity contribution < 1.29 is 27.5 Å². The lowest BCUT2D eigenvalue weighted by Crippen LogP contribution is -2.36. The Balaban J connectivity index is 1.49. The molecular formula is C27H29F3N4O3S. The molecule has 0 unspecified atom stereocenters. The van der Waals surface area contributed by atoms with Gasteiger partial charge in [0.25, 0.3) is 5.91 Å². The quantitative estimate of drug-likeness (QED) is 0.352. The lowest BCUT2D eigenvalue weighted by molar-refractivity contribution is -0.173. The summed E-state index contributed by atoms with van der Waals surface area (Å²) >= 11 is 1.32. The first kappa shape index (κ1) is 26.3. The number of thiophene rings is 1. The fourth-order valence-corrected chi connectivity index (χ4v) is 6.33. The predicted molar refractivity (Wildman–Crippen MR) is 139 cm³/mol. The molecule has 3 aromatic rings. The molecular weight excluding hydrogens is 517 g/mol. The lowest BCUT2D eigenvalue weighted by atomic mass is 9.95. The van der Waals surface area contributed by atoms with Gasteiger partial charge in [-0.15, -0.1) is 11.3 Å². The van der Waals surface area contributed by atoms with E-state index in [9.17, 15) is 22.8 Å². The van der Waals surface area contributed by atoms with E-state index in [0.29, 0.717) is 22.5 Å². The normalized spacial score (nSPS) is 18.9. The Labute approximate surface area is 222 Å². The molecule has 38 heavy (non-hydrogen) atoms. The molecule has 0 saturated heterocycles. The van der Waals surface area contributed by atoms with E-state index in [1.807, 2.05) is 19.1 Å². The number of benzene rings is 1. The number of nitrogens with one attached hydrogen (secondary N) is 2. The molecule has 7 nitrogen and oxygen atoms in total. The first-order chi connectivity index (χ1) is 18.0. The molecule has 11 heteroatoms. The van der Waals surface area contributed by atoms with Gasteiger partial charge in [-0.05, 0) is 57.6 Å². The molecule has 2 atom stereocenters. The van der Waals surface area contributed by atoms with Crippen molar-refractivity contribution in [1.29, 1.82) is 0 Å². The number of hydrogen-bond acceptors (Lipinski definition) is 6. The van der Waals surface area contributed by atoms with Crippen LogP contribution in [0.3, 0.4) is 0 Å². The smallest absolute Gasteiger partial charge is 0.410 e. The fourth-order valence-electron chi connectivity index (χ4n) is 5.06. The van der Waals surface area contributed by atoms with Gasteiger partial charge < -0.3 is 15.4 Å². The van der Waals surface area contributed by atoms with Crippen molar-refractivity contribution in [1.82, 2.24) is 9.78 Å². The molecule has 3 heterocycles. The number of alkyl halides is 3. The third-order valence-corrected chi connectivity index (χ3v) is 8.12. The van der Waals surface area contributed by atoms with Crippen LogP contribution in [0, 0.1) is 6.92 Å². The van der Waals surface area contributed by atoms with E-state index >= 15 is 0 Å². The van der Waals surface area contributed by atoms with E-state index in [1.165, 1.54) is 11.3 Å². The maximum absolute atomic E-state index is 14.1. The molecule has 1 aromatic carbocycles. The van der Waals surface area contributed by atoms with Crippen molar-refractivity contribution in [2.45, 2.75) is 77.2 Å². The Kier molecular flexibility index (Phi) is 6.97. The lowest BCUT2D eigenvalue weighted by Gasteiger charge is -2.34. The highest BCUT2D eigenvalue weighted by Crippen LogP contribution is 2.45. The Hall–Kier alpha value is -3.34. The first-order valence-electron chi connectivity index (χ1n) is 12.7. The van der Waals surface area contributed by atoms with Crippen LogP contribution in [0.1, 0.15) is 87.5 Å². The van der Waals surface area contributed by atoms with Crippen molar-refractivity contribution in [3.05, 3.63) is 63.2 Å². The number of esters is 1. The topological polar surface area (TPSA) is 85.2 Å². The van der Waals surface area contributed by atoms with Crippen LogP contribution in [0.15, 0.2) is 30.5 Å². The standard InChI is InChI=1S/C27H29F3N4O3S/c1-14(2)37-26(36)22-17-6-4-5-7-20(17)38-25(22)33-24(35)18-13-31-34-21(27(28,29)30)12-19(32-23(18)34)16-10-8-15(3)9-11-16/h8-11,13-14,19,21,32H,4-7,12H2,1-3H3,(H,33,35)/t19-,21+/m1/s1. The van der Waals surface area contributed by atoms with Gasteiger partial charge in [-0.25, -0.2) is 9.48 Å². The number of halogens is 3. The van der Waals surface area contributed by atoms with Crippen molar-refractivity contribution in [3.63, 3.8) is 0 Å². The van der Waals surface area contributed by atoms with Crippen LogP contribution < -0.4 is 10.6 Å². The van der Waals surface area contributed by atoms with E-state index in [-0.39, 0.29) is 23.9 Å². The SMILES string of the molecule is Cc1ccc([C@H]2C[C@@H](C(F)(F)F)n3ncc(C(=O)Nc4sc5c(c4C(=O)OC(C)C)CCCC5)c3N2)cc1. The van der Waals surface area contributed by atoms with Gasteiger partial charge in [-0.3, -0.25) is 4.79 Å². The third-order valence-electron chi connectivity index (χ3n) is 6.91. The zero-order valence-corrected chi connectivity index (χ0v) is 22.1. The molecule has 1 amide bonds. The largest absolute Gasteiger partial charge is 0.459 e. The molecule has 2 aromatic heterocycles. The zero-order valence-electron chi connectivity index (χ0n) is 21.3. The van der Waals surface area contributed by atoms with Crippen molar-refractivity contribution >= 4 is 34.0 Å². The van der Waals surface area contributed by atoms with Gasteiger partial charge in [0, 0.05) is 11.3 Å². The Morgan fingerprint density at radius 2 is 1.89 bits per heavy atom. The molecule has 0 bridgehead atoms. The average Bonchev–Trinajstić information content (AvgIpc) is 3.44. The van der Waals surface area contributed by atoms with Gasteiger partial charge >= 0.3 is 12.1 Å². The third kappa shape index (κ3) is 5.03. The van der Waals surface area contributed by atoms with Gasteiger partial charge in [0.05, 0.1) is 23.9 Å². The molecule has 0 fully saturated rings. The monoisotopic (exact) mass is 546 g/mol. The number of nitrogens with zero attached hydrogens (tertiary/aromatic N) is 2. The second-order valence-corrected chi connectivity index (χ2v) is 11.2. The summed E-state index contributed by atoms with van der Waals surface area (Å²) in [7, 11) is 0. The van der Waals surface area contributed by atoms with E-state index < -0.39 is 30.1 Å². The number of rotatable bonds is 5. The zero-order chi connectivity index (χ0) is 27.2. The maximum Gasteiger partial charge on any atom is 0.410 e. The molecule has 0 spiro atoms. The number of aromatic nitrogens is 2. The fraction of sp³-hybridized carbons (Fsp3) is 0.444. The Morgan fingerprint density at radius 1 is 1.18 bits per heavy atom. The summed E-state index contributed by atoms with van der Waals surface area (Å²) in [5.74, 6) is -1.16. The van der Waals surface area contributed by atoms with Crippen LogP contribution in [0.2, 0.25) is 0 Å². The maximum atomic E-state index is 14.1. The van der Waals surface area contributed by atoms with Gasteiger partial charge in [-0.2, -0.15) is 18.3 Å². The highest BCUT2D eigenvalue weighted by Gasteiger charge is 2.47. The molecule has 2 N–H and O–H groups in total. The molecule has 1 aliphatic carbocycles. The van der Waals surface area contributed by atoms with E-state index in [0.717, 1.165) is 46.1 Å². The number of ether oxygens (including phenoxy) is 1. The van der Waals surface area contributed by atoms with Crippen LogP contribution in [0.25, 0.3) is 0 Å². The van der Waals surface area contributed by atoms with Gasteiger partial charge in [0.1, 0.15) is 16.4 Å². The number of amides is 1. The van der Waals surface area contributed by atoms with Crippen molar-refractivity contribution in [3.8, 4) is 0 Å². The second kappa shape index (κ2) is 10.1. The second-order valence-electron chi connectivity index (χ2n) is 10.1. The van der Waals surface area contributed by atoms with Crippen LogP contribution in [0.4, 0.5) is 24.0 Å². The van der Waals surface area contributed by atoms with E-state index in [2.05, 4.69) is 15.7 Å². The number of hydrogen-bond donors (Lipinski definition) is 2. The summed E-state index contributed by atoms with van der Waals surface area (Å²) in [4.78, 5) is 27.5. The molecule has 202 valence electrons. The van der Waals surface area contributed by atoms with E-state index in [4.69, 9.17) is 4.74 Å². The summed E-state index contributed by atoms with van der Waals surface area (Å²) in [6.07, 6.45) is -0.582. The number of fused-ring (bicyclic) bond motifs is 2. The van der Waals surface area contributed by atoms with Gasteiger partial charge in [-0.1, -0.05) is 29.8 Å². The van der Waals surface area contributed by atoms with E-state index in [1.54, 1.807) is 26.0 Å². The Bertz CT molecular complexity index is 1360. The van der Waals surface area contributed by atoms with Crippen LogP contribution in [0.5, 0.6) is 0 Å². The molecule has 1 aliphatic heterocycles. The highest BCUT2D eigenvalue weighted by molar-refractivity contribution is 7.17. The summed E-state index contributed by atoms with van der Waals surface area (Å²) in [5, 5.41) is 10.2. The minimum Gasteiger partial charge on any atom is -0.459 e. The minimum atomic E-state index is -4.56. The Morgan fingerprint density at radius 3 is 2.58 bits per heavy atom. The van der Waals surface area contributed by atoms with Crippen LogP contribution in [-0.4, -0.2) is 33.9 Å². The summed E-state index contributed by atoms with van der Waals surface area (Å²) in [6, 6.07) is 4.70. The summed E-state index contributed by atoms with van der Waals surface area (Å²) in [5.41, 5.74) is 2.88. The van der Waals surface area contributed by atoms with Crippen molar-refractivity contribution in [2.24, 2.45) is 0 Å². The van der Waals surface area contributed by atoms with Crippen LogP contribution >= 0.6 is 11.3 Å². The number of aryl methyl sites for hydroxylation is 2. The van der Waals surface area contributed by atoms with Crippen LogP contribution in [-0.2, 0) is 17.6 Å². The molecule has 5 rings (SSSR count). The molecule has 0 radical (unpaired) electrons. The highest BCUT2D eigenvalue weighted by atomic mass is 32.1. The van der Waals surface area contributed by atoms with Gasteiger partial charge in [0.15, 0.2) is 6.04 Å². The average molecular weight is 547 g/mol. The number of carbonyl (C=O) groups excluding carboxylic acids is 2. The number of anilines is 2. The molecule has 0 saturated carbocycles. The first-order valence-corrected chi connectivity index (χ1v) is 13.5. The van der Waals surface area contributed by atoms with Crippen molar-refractivity contribution in [2.75, 3.05) is 10.6 Å². The molecule has 2 aliphatic rings. The minimum absolute atomic E-state index is 0.00530. The summed E-state index contributed by atoms with van der Waals surface area (Å²) in [6.45, 7) is 5.41. The predicted octanol–water partition coefficient (Wildman–Crippen LogP) is 6.61. The number of carbonyl (C=O) groups is 2.